The molecule has 1 saturated carbocycles. The quantitative estimate of drug-likeness (QED) is 0.641. The molecular formula is C21H28N2O4. The van der Waals surface area contributed by atoms with E-state index < -0.39 is 23.5 Å². The van der Waals surface area contributed by atoms with Crippen LogP contribution in [0, 0.1) is 5.92 Å². The summed E-state index contributed by atoms with van der Waals surface area (Å²) in [5, 5.41) is 14.8. The highest BCUT2D eigenvalue weighted by atomic mass is 16.4. The number of amides is 2. The summed E-state index contributed by atoms with van der Waals surface area (Å²) < 4.78 is 0. The summed E-state index contributed by atoms with van der Waals surface area (Å²) in [5.41, 5.74) is -0.167. The van der Waals surface area contributed by atoms with Gasteiger partial charge in [0.15, 0.2) is 0 Å². The average Bonchev–Trinajstić information content (AvgIpc) is 2.65. The van der Waals surface area contributed by atoms with Crippen molar-refractivity contribution in [3.05, 3.63) is 42.0 Å². The molecule has 1 aliphatic rings. The molecule has 6 nitrogen and oxygen atoms in total. The lowest BCUT2D eigenvalue weighted by Gasteiger charge is -2.37. The maximum Gasteiger partial charge on any atom is 0.326 e. The molecule has 1 aromatic rings. The minimum Gasteiger partial charge on any atom is -0.480 e. The summed E-state index contributed by atoms with van der Waals surface area (Å²) in [4.78, 5) is 36.8. The van der Waals surface area contributed by atoms with Gasteiger partial charge in [0.25, 0.3) is 0 Å². The number of hydrogen-bond acceptors (Lipinski definition) is 3. The van der Waals surface area contributed by atoms with E-state index in [2.05, 4.69) is 10.6 Å². The van der Waals surface area contributed by atoms with Gasteiger partial charge in [0.2, 0.25) is 11.8 Å². The van der Waals surface area contributed by atoms with Gasteiger partial charge in [-0.3, -0.25) is 9.59 Å². The highest BCUT2D eigenvalue weighted by Crippen LogP contribution is 2.29. The fourth-order valence-electron chi connectivity index (χ4n) is 3.37. The second-order valence-electron chi connectivity index (χ2n) is 7.41. The van der Waals surface area contributed by atoms with Crippen LogP contribution in [-0.4, -0.2) is 34.5 Å². The Morgan fingerprint density at radius 3 is 2.26 bits per heavy atom. The third-order valence-corrected chi connectivity index (χ3v) is 4.95. The van der Waals surface area contributed by atoms with E-state index in [9.17, 15) is 19.5 Å². The number of carboxylic acids is 1. The SMILES string of the molecule is CC(C)C(NC(=O)C1(NC(=O)C=Cc2ccccc2)CCCCC1)C(=O)O. The summed E-state index contributed by atoms with van der Waals surface area (Å²) in [6, 6.07) is 8.44. The van der Waals surface area contributed by atoms with Crippen LogP contribution < -0.4 is 10.6 Å². The highest BCUT2D eigenvalue weighted by molar-refractivity contribution is 5.98. The Hall–Kier alpha value is -2.63. The molecule has 0 bridgehead atoms. The maximum absolute atomic E-state index is 12.9. The number of benzene rings is 1. The van der Waals surface area contributed by atoms with Gasteiger partial charge in [-0.05, 0) is 30.4 Å². The Morgan fingerprint density at radius 1 is 1.07 bits per heavy atom. The molecule has 2 rings (SSSR count). The Kier molecular flexibility index (Phi) is 7.16. The monoisotopic (exact) mass is 372 g/mol. The Balaban J connectivity index is 2.13. The molecule has 3 N–H and O–H groups in total. The molecule has 0 radical (unpaired) electrons. The predicted octanol–water partition coefficient (Wildman–Crippen LogP) is 2.74. The molecule has 1 atom stereocenters. The van der Waals surface area contributed by atoms with E-state index in [1.54, 1.807) is 19.9 Å². The Morgan fingerprint density at radius 2 is 1.70 bits per heavy atom. The topological polar surface area (TPSA) is 95.5 Å². The van der Waals surface area contributed by atoms with Crippen LogP contribution in [0.25, 0.3) is 6.08 Å². The third-order valence-electron chi connectivity index (χ3n) is 4.95. The zero-order valence-corrected chi connectivity index (χ0v) is 15.9. The van der Waals surface area contributed by atoms with Crippen LogP contribution in [-0.2, 0) is 14.4 Å². The first kappa shape index (κ1) is 20.7. The number of nitrogens with one attached hydrogen (secondary N) is 2. The second-order valence-corrected chi connectivity index (χ2v) is 7.41. The van der Waals surface area contributed by atoms with E-state index in [4.69, 9.17) is 0 Å². The van der Waals surface area contributed by atoms with Gasteiger partial charge >= 0.3 is 5.97 Å². The van der Waals surface area contributed by atoms with Gasteiger partial charge in [-0.2, -0.15) is 0 Å². The molecule has 0 aliphatic heterocycles. The fraction of sp³-hybridized carbons (Fsp3) is 0.476. The van der Waals surface area contributed by atoms with Crippen LogP contribution in [0.4, 0.5) is 0 Å². The summed E-state index contributed by atoms with van der Waals surface area (Å²) in [5.74, 6) is -2.09. The highest BCUT2D eigenvalue weighted by Gasteiger charge is 2.42. The second kappa shape index (κ2) is 9.35. The van der Waals surface area contributed by atoms with Crippen LogP contribution in [0.1, 0.15) is 51.5 Å². The molecule has 1 fully saturated rings. The van der Waals surface area contributed by atoms with Gasteiger partial charge < -0.3 is 15.7 Å². The molecule has 146 valence electrons. The molecule has 1 aliphatic carbocycles. The minimum atomic E-state index is -1.07. The maximum atomic E-state index is 12.9. The molecule has 1 aromatic carbocycles. The largest absolute Gasteiger partial charge is 0.480 e. The van der Waals surface area contributed by atoms with E-state index in [-0.39, 0.29) is 11.8 Å². The first-order chi connectivity index (χ1) is 12.8. The average molecular weight is 372 g/mol. The predicted molar refractivity (Wildman–Crippen MR) is 104 cm³/mol. The minimum absolute atomic E-state index is 0.249. The summed E-state index contributed by atoms with van der Waals surface area (Å²) in [7, 11) is 0. The van der Waals surface area contributed by atoms with E-state index >= 15 is 0 Å². The van der Waals surface area contributed by atoms with Crippen molar-refractivity contribution in [1.29, 1.82) is 0 Å². The zero-order chi connectivity index (χ0) is 19.9. The van der Waals surface area contributed by atoms with E-state index in [1.165, 1.54) is 6.08 Å². The normalized spacial score (nSPS) is 17.4. The van der Waals surface area contributed by atoms with Gasteiger partial charge in [-0.25, -0.2) is 4.79 Å². The third kappa shape index (κ3) is 5.67. The lowest BCUT2D eigenvalue weighted by molar-refractivity contribution is -0.145. The zero-order valence-electron chi connectivity index (χ0n) is 15.9. The number of rotatable bonds is 7. The molecule has 27 heavy (non-hydrogen) atoms. The van der Waals surface area contributed by atoms with Crippen molar-refractivity contribution in [2.24, 2.45) is 5.92 Å². The number of carboxylic acid groups (broad SMARTS) is 1. The standard InChI is InChI=1S/C21H28N2O4/c1-15(2)18(19(25)26)22-20(27)21(13-7-4-8-14-21)23-17(24)12-11-16-9-5-3-6-10-16/h3,5-6,9-12,15,18H,4,7-8,13-14H2,1-2H3,(H,22,27)(H,23,24)(H,25,26). The molecule has 0 heterocycles. The van der Waals surface area contributed by atoms with Crippen molar-refractivity contribution >= 4 is 23.9 Å². The van der Waals surface area contributed by atoms with Crippen LogP contribution >= 0.6 is 0 Å². The van der Waals surface area contributed by atoms with Crippen molar-refractivity contribution in [1.82, 2.24) is 10.6 Å². The Labute approximate surface area is 160 Å². The molecule has 0 saturated heterocycles. The summed E-state index contributed by atoms with van der Waals surface area (Å²) in [6.07, 6.45) is 6.75. The number of aliphatic carboxylic acids is 1. The molecule has 0 aromatic heterocycles. The molecular weight excluding hydrogens is 344 g/mol. The van der Waals surface area contributed by atoms with E-state index in [0.29, 0.717) is 12.8 Å². The van der Waals surface area contributed by atoms with Crippen molar-refractivity contribution in [3.8, 4) is 0 Å². The molecule has 0 spiro atoms. The van der Waals surface area contributed by atoms with Gasteiger partial charge in [-0.1, -0.05) is 63.4 Å². The van der Waals surface area contributed by atoms with Crippen molar-refractivity contribution in [2.45, 2.75) is 57.5 Å². The van der Waals surface area contributed by atoms with E-state index in [1.807, 2.05) is 30.3 Å². The summed E-state index contributed by atoms with van der Waals surface area (Å²) in [6.45, 7) is 3.49. The Bertz CT molecular complexity index is 691. The van der Waals surface area contributed by atoms with Crippen LogP contribution in [0.3, 0.4) is 0 Å². The number of hydrogen-bond donors (Lipinski definition) is 3. The first-order valence-electron chi connectivity index (χ1n) is 9.43. The van der Waals surface area contributed by atoms with Crippen molar-refractivity contribution in [2.75, 3.05) is 0 Å². The first-order valence-corrected chi connectivity index (χ1v) is 9.43. The molecule has 6 heteroatoms. The smallest absolute Gasteiger partial charge is 0.326 e. The van der Waals surface area contributed by atoms with Gasteiger partial charge in [-0.15, -0.1) is 0 Å². The van der Waals surface area contributed by atoms with Crippen LogP contribution in [0.2, 0.25) is 0 Å². The lowest BCUT2D eigenvalue weighted by Crippen LogP contribution is -2.62. The molecule has 2 amide bonds. The van der Waals surface area contributed by atoms with Crippen LogP contribution in [0.5, 0.6) is 0 Å². The lowest BCUT2D eigenvalue weighted by atomic mass is 9.80. The number of carbonyl (C=O) groups excluding carboxylic acids is 2. The molecule has 1 unspecified atom stereocenters. The van der Waals surface area contributed by atoms with Gasteiger partial charge in [0.05, 0.1) is 0 Å². The summed E-state index contributed by atoms with van der Waals surface area (Å²) >= 11 is 0. The fourth-order valence-corrected chi connectivity index (χ4v) is 3.37. The van der Waals surface area contributed by atoms with Gasteiger partial charge in [0.1, 0.15) is 11.6 Å². The van der Waals surface area contributed by atoms with Crippen LogP contribution in [0.15, 0.2) is 36.4 Å². The van der Waals surface area contributed by atoms with Crippen molar-refractivity contribution < 1.29 is 19.5 Å². The van der Waals surface area contributed by atoms with E-state index in [0.717, 1.165) is 24.8 Å². The van der Waals surface area contributed by atoms with Gasteiger partial charge in [0, 0.05) is 6.08 Å². The number of carbonyl (C=O) groups is 3. The van der Waals surface area contributed by atoms with Crippen molar-refractivity contribution in [3.63, 3.8) is 0 Å².